The van der Waals surface area contributed by atoms with E-state index in [0.717, 1.165) is 27.9 Å². The zero-order valence-electron chi connectivity index (χ0n) is 39.2. The Morgan fingerprint density at radius 3 is 1.28 bits per heavy atom. The van der Waals surface area contributed by atoms with Crippen molar-refractivity contribution < 1.29 is 38.2 Å². The lowest BCUT2D eigenvalue weighted by molar-refractivity contribution is -0.138. The van der Waals surface area contributed by atoms with Crippen LogP contribution in [0.4, 0.5) is 26.7 Å². The van der Waals surface area contributed by atoms with Gasteiger partial charge < -0.3 is 45.4 Å². The first-order valence-corrected chi connectivity index (χ1v) is 23.6. The molecule has 4 unspecified atom stereocenters. The largest absolute Gasteiger partial charge is 0.453 e. The summed E-state index contributed by atoms with van der Waals surface area (Å²) in [5.41, 5.74) is 6.30. The third-order valence-corrected chi connectivity index (χ3v) is 12.7. The molecule has 6 amide bonds. The van der Waals surface area contributed by atoms with Gasteiger partial charge in [0.25, 0.3) is 0 Å². The summed E-state index contributed by atoms with van der Waals surface area (Å²) in [5.74, 6) is -1.21. The Hall–Kier alpha value is -7.68. The minimum atomic E-state index is -0.849. The summed E-state index contributed by atoms with van der Waals surface area (Å²) in [6.07, 6.45) is 2.78. The van der Waals surface area contributed by atoms with Gasteiger partial charge in [-0.25, -0.2) is 9.59 Å². The molecular weight excluding hydrogens is 875 g/mol. The van der Waals surface area contributed by atoms with E-state index in [1.165, 1.54) is 14.2 Å². The van der Waals surface area contributed by atoms with Crippen molar-refractivity contribution in [3.63, 3.8) is 0 Å². The summed E-state index contributed by atoms with van der Waals surface area (Å²) in [7, 11) is 2.51. The number of carbonyl (C=O) groups excluding carboxylic acids is 6. The first-order valence-electron chi connectivity index (χ1n) is 23.6. The molecule has 2 aliphatic heterocycles. The smallest absolute Gasteiger partial charge is 0.407 e. The molecule has 7 rings (SSSR count). The highest BCUT2D eigenvalue weighted by molar-refractivity contribution is 5.99. The summed E-state index contributed by atoms with van der Waals surface area (Å²) in [5, 5.41) is 11.4. The van der Waals surface area contributed by atoms with E-state index >= 15 is 0 Å². The van der Waals surface area contributed by atoms with Gasteiger partial charge in [0, 0.05) is 43.2 Å². The molecule has 15 heteroatoms. The second-order valence-corrected chi connectivity index (χ2v) is 17.4. The molecule has 0 aliphatic carbocycles. The van der Waals surface area contributed by atoms with Crippen LogP contribution in [0, 0.1) is 0 Å². The van der Waals surface area contributed by atoms with Gasteiger partial charge in [0.15, 0.2) is 0 Å². The first-order chi connectivity index (χ1) is 33.6. The van der Waals surface area contributed by atoms with Crippen LogP contribution in [0.25, 0.3) is 0 Å². The lowest BCUT2D eigenvalue weighted by atomic mass is 10.0. The number of amides is 6. The molecule has 2 fully saturated rings. The fourth-order valence-corrected chi connectivity index (χ4v) is 8.99. The van der Waals surface area contributed by atoms with Crippen molar-refractivity contribution in [2.75, 3.05) is 42.8 Å². The molecule has 360 valence electrons. The Kier molecular flexibility index (Phi) is 17.4. The molecule has 0 radical (unpaired) electrons. The van der Waals surface area contributed by atoms with Crippen molar-refractivity contribution in [2.45, 2.75) is 88.6 Å². The van der Waals surface area contributed by atoms with E-state index in [4.69, 9.17) is 9.47 Å². The van der Waals surface area contributed by atoms with Gasteiger partial charge >= 0.3 is 12.2 Å². The minimum Gasteiger partial charge on any atom is -0.453 e. The van der Waals surface area contributed by atoms with E-state index in [0.29, 0.717) is 88.9 Å². The maximum Gasteiger partial charge on any atom is 0.407 e. The number of carbonyl (C=O) groups is 6. The van der Waals surface area contributed by atoms with Crippen molar-refractivity contribution in [1.29, 1.82) is 0 Å². The third-order valence-electron chi connectivity index (χ3n) is 12.7. The standard InChI is InChI=1S/C54H61N7O8/c1-68-53(66)57-45(32-26-38-14-6-3-7-15-38)51(64)60-34-12-20-47(60)49(62)55-42-28-22-40(23-29-42)36-59(44-18-10-5-11-19-44)37-41-24-30-43(31-25-41)56-50(63)48-21-13-35-61(48)52(65)46(58-54(67)69-2)33-27-39-16-8-4-9-17-39/h3-11,14-19,22-25,28-31,45-48H,12-13,20-21,26-27,32-37H2,1-2H3,(H,55,62)(H,56,63)(H,57,66)(H,58,67). The van der Waals surface area contributed by atoms with Gasteiger partial charge in [-0.2, -0.15) is 0 Å². The fraction of sp³-hybridized carbons (Fsp3) is 0.333. The molecule has 0 spiro atoms. The molecule has 4 N–H and O–H groups in total. The predicted molar refractivity (Wildman–Crippen MR) is 264 cm³/mol. The minimum absolute atomic E-state index is 0.288. The molecule has 2 heterocycles. The normalized spacial score (nSPS) is 16.1. The molecule has 69 heavy (non-hydrogen) atoms. The second kappa shape index (κ2) is 24.4. The number of ether oxygens (including phenoxy) is 2. The number of benzene rings is 5. The molecule has 0 aromatic heterocycles. The predicted octanol–water partition coefficient (Wildman–Crippen LogP) is 7.47. The average molecular weight is 936 g/mol. The summed E-state index contributed by atoms with van der Waals surface area (Å²) >= 11 is 0. The molecule has 5 aromatic carbocycles. The number of alkyl carbamates (subject to hydrolysis) is 2. The number of aryl methyl sites for hydroxylation is 2. The van der Waals surface area contributed by atoms with Gasteiger partial charge in [-0.15, -0.1) is 0 Å². The van der Waals surface area contributed by atoms with E-state index in [-0.39, 0.29) is 23.6 Å². The zero-order chi connectivity index (χ0) is 48.5. The Balaban J connectivity index is 0.949. The number of methoxy groups -OCH3 is 2. The van der Waals surface area contributed by atoms with E-state index in [9.17, 15) is 28.8 Å². The van der Waals surface area contributed by atoms with Crippen LogP contribution in [-0.2, 0) is 54.6 Å². The van der Waals surface area contributed by atoms with E-state index in [1.807, 2.05) is 140 Å². The quantitative estimate of drug-likeness (QED) is 0.0654. The van der Waals surface area contributed by atoms with E-state index in [2.05, 4.69) is 26.2 Å². The number of nitrogens with zero attached hydrogens (tertiary/aromatic N) is 3. The number of rotatable bonds is 19. The van der Waals surface area contributed by atoms with Gasteiger partial charge in [0.05, 0.1) is 14.2 Å². The highest BCUT2D eigenvalue weighted by atomic mass is 16.5. The Morgan fingerprint density at radius 1 is 0.522 bits per heavy atom. The number of nitrogens with one attached hydrogen (secondary N) is 4. The van der Waals surface area contributed by atoms with Gasteiger partial charge in [0.2, 0.25) is 23.6 Å². The highest BCUT2D eigenvalue weighted by Crippen LogP contribution is 2.26. The van der Waals surface area contributed by atoms with Crippen molar-refractivity contribution in [2.24, 2.45) is 0 Å². The maximum absolute atomic E-state index is 13.9. The fourth-order valence-electron chi connectivity index (χ4n) is 8.99. The van der Waals surface area contributed by atoms with Crippen molar-refractivity contribution in [3.8, 4) is 0 Å². The van der Waals surface area contributed by atoms with Crippen LogP contribution >= 0.6 is 0 Å². The zero-order valence-corrected chi connectivity index (χ0v) is 39.2. The number of hydrogen-bond acceptors (Lipinski definition) is 9. The summed E-state index contributed by atoms with van der Waals surface area (Å²) in [6, 6.07) is 41.7. The molecule has 0 bridgehead atoms. The Morgan fingerprint density at radius 2 is 0.899 bits per heavy atom. The third kappa shape index (κ3) is 13.7. The number of likely N-dealkylation sites (tertiary alicyclic amines) is 2. The van der Waals surface area contributed by atoms with Crippen LogP contribution in [0.1, 0.15) is 60.8 Å². The van der Waals surface area contributed by atoms with Crippen LogP contribution < -0.4 is 26.2 Å². The van der Waals surface area contributed by atoms with Crippen molar-refractivity contribution >= 4 is 52.9 Å². The van der Waals surface area contributed by atoms with Gasteiger partial charge in [-0.1, -0.05) is 103 Å². The van der Waals surface area contributed by atoms with Crippen LogP contribution in [-0.4, -0.2) is 97.1 Å². The molecule has 0 saturated carbocycles. The van der Waals surface area contributed by atoms with Crippen LogP contribution in [0.2, 0.25) is 0 Å². The summed E-state index contributed by atoms with van der Waals surface area (Å²) < 4.78 is 9.64. The molecule has 15 nitrogen and oxygen atoms in total. The van der Waals surface area contributed by atoms with Gasteiger partial charge in [0.1, 0.15) is 24.2 Å². The molecule has 2 aliphatic rings. The lowest BCUT2D eigenvalue weighted by Gasteiger charge is -2.28. The topological polar surface area (TPSA) is 179 Å². The van der Waals surface area contributed by atoms with Crippen molar-refractivity contribution in [3.05, 3.63) is 162 Å². The van der Waals surface area contributed by atoms with E-state index < -0.39 is 36.4 Å². The molecule has 2 saturated heterocycles. The number of anilines is 3. The summed E-state index contributed by atoms with van der Waals surface area (Å²) in [6.45, 7) is 1.93. The monoisotopic (exact) mass is 935 g/mol. The van der Waals surface area contributed by atoms with Crippen LogP contribution in [0.3, 0.4) is 0 Å². The average Bonchev–Trinajstić information content (AvgIpc) is 4.10. The SMILES string of the molecule is COC(=O)NC(CCc1ccccc1)C(=O)N1CCCC1C(=O)Nc1ccc(CN(Cc2ccc(NC(=O)C3CCCN3C(=O)C(CCc3ccccc3)NC(=O)OC)cc2)c2ccccc2)cc1. The van der Waals surface area contributed by atoms with Crippen LogP contribution in [0.5, 0.6) is 0 Å². The van der Waals surface area contributed by atoms with Crippen molar-refractivity contribution in [1.82, 2.24) is 20.4 Å². The highest BCUT2D eigenvalue weighted by Gasteiger charge is 2.39. The molecule has 4 atom stereocenters. The summed E-state index contributed by atoms with van der Waals surface area (Å²) in [4.78, 5) is 85.0. The van der Waals surface area contributed by atoms with Crippen LogP contribution in [0.15, 0.2) is 140 Å². The van der Waals surface area contributed by atoms with Gasteiger partial charge in [-0.3, -0.25) is 19.2 Å². The lowest BCUT2D eigenvalue weighted by Crippen LogP contribution is -2.52. The van der Waals surface area contributed by atoms with E-state index in [1.54, 1.807) is 9.80 Å². The first kappa shape index (κ1) is 49.2. The second-order valence-electron chi connectivity index (χ2n) is 17.4. The number of para-hydroxylation sites is 1. The Bertz CT molecular complexity index is 2340. The van der Waals surface area contributed by atoms with Gasteiger partial charge in [-0.05, 0) is 110 Å². The molecule has 5 aromatic rings. The maximum atomic E-state index is 13.9. The number of hydrogen-bond donors (Lipinski definition) is 4. The Labute approximate surface area is 403 Å². The molecular formula is C54H61N7O8.